The molecule has 2 unspecified atom stereocenters. The molecule has 3 atom stereocenters. The van der Waals surface area contributed by atoms with Gasteiger partial charge in [0.15, 0.2) is 0 Å². The van der Waals surface area contributed by atoms with Crippen molar-refractivity contribution in [1.29, 1.82) is 0 Å². The summed E-state index contributed by atoms with van der Waals surface area (Å²) in [6, 6.07) is 0. The molecule has 10 nitrogen and oxygen atoms in total. The average Bonchev–Trinajstić information content (AvgIpc) is 2.82. The number of aromatic amines is 1. The molecule has 4 N–H and O–H groups in total. The van der Waals surface area contributed by atoms with E-state index < -0.39 is 49.9 Å². The van der Waals surface area contributed by atoms with E-state index in [1.807, 2.05) is 0 Å². The molecule has 1 aromatic heterocycles. The minimum Gasteiger partial charge on any atom is -0.390 e. The second-order valence-electron chi connectivity index (χ2n) is 5.07. The molecule has 0 bridgehead atoms. The Morgan fingerprint density at radius 2 is 2.04 bits per heavy atom. The average molecular weight is 370 g/mol. The number of nitrogens with one attached hydrogen (secondary N) is 1. The normalized spacial score (nSPS) is 23.7. The topological polar surface area (TPSA) is 151 Å². The molecule has 2 heterocycles. The summed E-state index contributed by atoms with van der Waals surface area (Å²) in [5.41, 5.74) is -2.12. The van der Waals surface area contributed by atoms with Crippen molar-refractivity contribution in [3.8, 4) is 0 Å². The van der Waals surface area contributed by atoms with E-state index in [0.29, 0.717) is 6.20 Å². The van der Waals surface area contributed by atoms with Gasteiger partial charge < -0.3 is 19.6 Å². The molecule has 0 aliphatic carbocycles. The Kier molecular flexibility index (Phi) is 7.46. The predicted molar refractivity (Wildman–Crippen MR) is 79.8 cm³/mol. The number of hydrogen-bond donors (Lipinski definition) is 4. The molecule has 24 heavy (non-hydrogen) atoms. The molecular formula is C12H20FN2O8P. The third-order valence-corrected chi connectivity index (χ3v) is 3.33. The van der Waals surface area contributed by atoms with Crippen molar-refractivity contribution in [2.24, 2.45) is 0 Å². The second-order valence-corrected chi connectivity index (χ2v) is 6.31. The van der Waals surface area contributed by atoms with Crippen molar-refractivity contribution >= 4 is 7.82 Å². The summed E-state index contributed by atoms with van der Waals surface area (Å²) >= 11 is 0. The Hall–Kier alpha value is -1.36. The zero-order valence-corrected chi connectivity index (χ0v) is 14.0. The van der Waals surface area contributed by atoms with Crippen LogP contribution < -0.4 is 11.2 Å². The number of nitrogens with zero attached hydrogens (tertiary/aromatic N) is 1. The molecule has 0 radical (unpaired) electrons. The lowest BCUT2D eigenvalue weighted by atomic mass is 10.2. The molecule has 2 rings (SSSR count). The third kappa shape index (κ3) is 5.93. The van der Waals surface area contributed by atoms with Crippen LogP contribution in [0.2, 0.25) is 0 Å². The zero-order chi connectivity index (χ0) is 18.5. The number of rotatable bonds is 4. The van der Waals surface area contributed by atoms with Gasteiger partial charge in [-0.05, 0) is 0 Å². The molecule has 0 aromatic carbocycles. The lowest BCUT2D eigenvalue weighted by Gasteiger charge is -2.16. The summed E-state index contributed by atoms with van der Waals surface area (Å²) in [6.07, 6.45) is -1.64. The number of halogens is 1. The van der Waals surface area contributed by atoms with Gasteiger partial charge in [-0.15, -0.1) is 0 Å². The van der Waals surface area contributed by atoms with Crippen molar-refractivity contribution in [1.82, 2.24) is 9.55 Å². The summed E-state index contributed by atoms with van der Waals surface area (Å²) in [7, 11) is -4.73. The van der Waals surface area contributed by atoms with Crippen LogP contribution in [0.3, 0.4) is 0 Å². The van der Waals surface area contributed by atoms with Gasteiger partial charge in [-0.1, -0.05) is 20.3 Å². The standard InChI is InChI=1S/C9H12FN2O8P.C3H8/c10-4-2-12(9(15)11-8(4)14)7-1-5(13)6(20-7)3-19-21(16,17)18;1-3-2/h2,5-7,13H,1,3H2,(H,11,14,15)(H2,16,17,18);3H2,1-2H3/t5?,6?,7-;/m1./s1. The number of ether oxygens (including phenoxy) is 1. The van der Waals surface area contributed by atoms with Gasteiger partial charge >= 0.3 is 13.5 Å². The summed E-state index contributed by atoms with van der Waals surface area (Å²) < 4.78 is 33.9. The molecule has 0 saturated carbocycles. The highest BCUT2D eigenvalue weighted by Crippen LogP contribution is 2.38. The first-order valence-corrected chi connectivity index (χ1v) is 8.66. The fourth-order valence-electron chi connectivity index (χ4n) is 1.88. The van der Waals surface area contributed by atoms with Crippen LogP contribution in [0.1, 0.15) is 32.9 Å². The monoisotopic (exact) mass is 370 g/mol. The quantitative estimate of drug-likeness (QED) is 0.534. The molecule has 1 aromatic rings. The van der Waals surface area contributed by atoms with Gasteiger partial charge in [0.2, 0.25) is 5.82 Å². The Balaban J connectivity index is 0.000000891. The summed E-state index contributed by atoms with van der Waals surface area (Å²) in [5.74, 6) is -1.21. The second kappa shape index (κ2) is 8.65. The van der Waals surface area contributed by atoms with Crippen molar-refractivity contribution < 1.29 is 33.1 Å². The fraction of sp³-hybridized carbons (Fsp3) is 0.667. The van der Waals surface area contributed by atoms with Crippen molar-refractivity contribution in [3.63, 3.8) is 0 Å². The first-order chi connectivity index (χ1) is 11.1. The Morgan fingerprint density at radius 3 is 2.58 bits per heavy atom. The van der Waals surface area contributed by atoms with Crippen molar-refractivity contribution in [3.05, 3.63) is 32.9 Å². The highest BCUT2D eigenvalue weighted by atomic mass is 31.2. The summed E-state index contributed by atoms with van der Waals surface area (Å²) in [4.78, 5) is 41.3. The van der Waals surface area contributed by atoms with Gasteiger partial charge in [0.1, 0.15) is 12.3 Å². The molecule has 12 heteroatoms. The molecule has 0 amide bonds. The number of aliphatic hydroxyl groups excluding tert-OH is 1. The lowest BCUT2D eigenvalue weighted by molar-refractivity contribution is -0.0453. The third-order valence-electron chi connectivity index (χ3n) is 2.85. The lowest BCUT2D eigenvalue weighted by Crippen LogP contribution is -2.34. The SMILES string of the molecule is CCC.O=c1[nH]c(=O)n([C@H]2CC(O)C(COP(=O)(O)O)O2)cc1F. The highest BCUT2D eigenvalue weighted by molar-refractivity contribution is 7.46. The van der Waals surface area contributed by atoms with E-state index >= 15 is 0 Å². The van der Waals surface area contributed by atoms with Crippen molar-refractivity contribution in [2.45, 2.75) is 45.1 Å². The molecule has 0 spiro atoms. The van der Waals surface area contributed by atoms with E-state index in [2.05, 4.69) is 18.4 Å². The number of phosphoric ester groups is 1. The van der Waals surface area contributed by atoms with Crippen LogP contribution in [0.15, 0.2) is 15.8 Å². The Labute approximate surface area is 136 Å². The zero-order valence-electron chi connectivity index (χ0n) is 13.1. The molecule has 1 aliphatic rings. The number of phosphoric acid groups is 1. The molecule has 138 valence electrons. The van der Waals surface area contributed by atoms with Crippen molar-refractivity contribution in [2.75, 3.05) is 6.61 Å². The number of aromatic nitrogens is 2. The molecule has 1 saturated heterocycles. The summed E-state index contributed by atoms with van der Waals surface area (Å²) in [6.45, 7) is 3.64. The van der Waals surface area contributed by atoms with E-state index in [1.54, 1.807) is 4.98 Å². The summed E-state index contributed by atoms with van der Waals surface area (Å²) in [5, 5.41) is 9.69. The van der Waals surface area contributed by atoms with Gasteiger partial charge in [0.05, 0.1) is 18.9 Å². The predicted octanol–water partition coefficient (Wildman–Crippen LogP) is -0.150. The molecule has 1 fully saturated rings. The first-order valence-electron chi connectivity index (χ1n) is 7.13. The van der Waals surface area contributed by atoms with Crippen LogP contribution >= 0.6 is 7.82 Å². The Bertz CT molecular complexity index is 699. The van der Waals surface area contributed by atoms with Gasteiger partial charge in [0, 0.05) is 6.42 Å². The fourth-order valence-corrected chi connectivity index (χ4v) is 2.22. The van der Waals surface area contributed by atoms with E-state index in [9.17, 15) is 23.7 Å². The highest BCUT2D eigenvalue weighted by Gasteiger charge is 2.37. The molecule has 1 aliphatic heterocycles. The van der Waals surface area contributed by atoms with Crippen LogP contribution in [0.25, 0.3) is 0 Å². The molecular weight excluding hydrogens is 350 g/mol. The smallest absolute Gasteiger partial charge is 0.390 e. The first kappa shape index (κ1) is 20.7. The number of aliphatic hydroxyl groups is 1. The maximum atomic E-state index is 13.2. The van der Waals surface area contributed by atoms with Crippen LogP contribution in [0.5, 0.6) is 0 Å². The van der Waals surface area contributed by atoms with Gasteiger partial charge in [-0.25, -0.2) is 9.36 Å². The van der Waals surface area contributed by atoms with E-state index in [1.165, 1.54) is 6.42 Å². The minimum absolute atomic E-state index is 0.138. The van der Waals surface area contributed by atoms with E-state index in [0.717, 1.165) is 4.57 Å². The maximum Gasteiger partial charge on any atom is 0.469 e. The van der Waals surface area contributed by atoms with E-state index in [4.69, 9.17) is 14.5 Å². The van der Waals surface area contributed by atoms with Crippen LogP contribution in [0.4, 0.5) is 4.39 Å². The number of hydrogen-bond acceptors (Lipinski definition) is 6. The van der Waals surface area contributed by atoms with Gasteiger partial charge in [0.25, 0.3) is 5.56 Å². The maximum absolute atomic E-state index is 13.2. The minimum atomic E-state index is -4.73. The van der Waals surface area contributed by atoms with Crippen LogP contribution in [-0.4, -0.2) is 43.3 Å². The van der Waals surface area contributed by atoms with Crippen LogP contribution in [0, 0.1) is 5.82 Å². The number of H-pyrrole nitrogens is 1. The van der Waals surface area contributed by atoms with Crippen LogP contribution in [-0.2, 0) is 13.8 Å². The van der Waals surface area contributed by atoms with E-state index in [-0.39, 0.29) is 6.42 Å². The Morgan fingerprint density at radius 1 is 1.46 bits per heavy atom. The largest absolute Gasteiger partial charge is 0.469 e. The van der Waals surface area contributed by atoms with Gasteiger partial charge in [-0.3, -0.25) is 18.9 Å². The van der Waals surface area contributed by atoms with Gasteiger partial charge in [-0.2, -0.15) is 4.39 Å².